The van der Waals surface area contributed by atoms with Crippen LogP contribution in [0, 0.1) is 13.8 Å². The highest BCUT2D eigenvalue weighted by atomic mass is 16.5. The zero-order valence-electron chi connectivity index (χ0n) is 12.0. The van der Waals surface area contributed by atoms with Gasteiger partial charge in [0.1, 0.15) is 0 Å². The average Bonchev–Trinajstić information content (AvgIpc) is 3.12. The summed E-state index contributed by atoms with van der Waals surface area (Å²) < 4.78 is 10.8. The highest BCUT2D eigenvalue weighted by Gasteiger charge is 2.36. The van der Waals surface area contributed by atoms with Crippen molar-refractivity contribution in [2.45, 2.75) is 39.0 Å². The third-order valence-corrected chi connectivity index (χ3v) is 3.83. The molecule has 1 aliphatic rings. The second kappa shape index (κ2) is 5.34. The first-order valence-electron chi connectivity index (χ1n) is 6.73. The van der Waals surface area contributed by atoms with Gasteiger partial charge in [-0.25, -0.2) is 0 Å². The van der Waals surface area contributed by atoms with E-state index >= 15 is 0 Å². The normalized spacial score (nSPS) is 23.6. The Morgan fingerprint density at radius 1 is 1.50 bits per heavy atom. The predicted molar refractivity (Wildman–Crippen MR) is 70.9 cm³/mol. The van der Waals surface area contributed by atoms with Crippen LogP contribution in [-0.4, -0.2) is 45.0 Å². The number of H-pyrrole nitrogens is 1. The predicted octanol–water partition coefficient (Wildman–Crippen LogP) is 1.37. The van der Waals surface area contributed by atoms with E-state index in [-0.39, 0.29) is 12.1 Å². The molecule has 108 valence electrons. The Bertz CT molecular complexity index is 579. The number of hydrogen-bond donors (Lipinski definition) is 1. The molecule has 1 N–H and O–H groups in total. The number of methoxy groups -OCH3 is 1. The lowest BCUT2D eigenvalue weighted by molar-refractivity contribution is 0.107. The summed E-state index contributed by atoms with van der Waals surface area (Å²) in [5, 5.41) is 10.9. The van der Waals surface area contributed by atoms with Crippen molar-refractivity contribution in [1.29, 1.82) is 0 Å². The van der Waals surface area contributed by atoms with Crippen LogP contribution in [0.1, 0.15) is 35.4 Å². The number of nitrogens with zero attached hydrogens (tertiary/aromatic N) is 4. The van der Waals surface area contributed by atoms with Crippen LogP contribution in [0.2, 0.25) is 0 Å². The van der Waals surface area contributed by atoms with Crippen LogP contribution < -0.4 is 0 Å². The molecule has 20 heavy (non-hydrogen) atoms. The van der Waals surface area contributed by atoms with Crippen LogP contribution in [0.3, 0.4) is 0 Å². The number of aryl methyl sites for hydroxylation is 2. The number of aromatic amines is 1. The zero-order chi connectivity index (χ0) is 14.1. The highest BCUT2D eigenvalue weighted by Crippen LogP contribution is 2.33. The van der Waals surface area contributed by atoms with E-state index in [0.717, 1.165) is 25.2 Å². The van der Waals surface area contributed by atoms with Gasteiger partial charge in [0.25, 0.3) is 0 Å². The van der Waals surface area contributed by atoms with E-state index in [1.165, 1.54) is 5.56 Å². The molecule has 1 saturated heterocycles. The molecule has 7 heteroatoms. The molecule has 0 aliphatic carbocycles. The topological polar surface area (TPSA) is 80.1 Å². The minimum Gasteiger partial charge on any atom is -0.380 e. The molecule has 7 nitrogen and oxygen atoms in total. The summed E-state index contributed by atoms with van der Waals surface area (Å²) in [7, 11) is 1.74. The van der Waals surface area contributed by atoms with Crippen LogP contribution in [0.5, 0.6) is 0 Å². The molecule has 1 fully saturated rings. The Labute approximate surface area is 117 Å². The lowest BCUT2D eigenvalue weighted by atomic mass is 10.2. The van der Waals surface area contributed by atoms with E-state index in [2.05, 4.69) is 25.2 Å². The molecule has 2 atom stereocenters. The van der Waals surface area contributed by atoms with Crippen LogP contribution >= 0.6 is 0 Å². The van der Waals surface area contributed by atoms with Crippen LogP contribution in [0.25, 0.3) is 0 Å². The highest BCUT2D eigenvalue weighted by molar-refractivity contribution is 5.15. The quantitative estimate of drug-likeness (QED) is 0.909. The molecular weight excluding hydrogens is 258 g/mol. The fourth-order valence-electron chi connectivity index (χ4n) is 2.67. The van der Waals surface area contributed by atoms with E-state index in [1.54, 1.807) is 7.11 Å². The van der Waals surface area contributed by atoms with E-state index in [0.29, 0.717) is 11.7 Å². The lowest BCUT2D eigenvalue weighted by Gasteiger charge is -2.20. The molecule has 3 heterocycles. The van der Waals surface area contributed by atoms with Crippen molar-refractivity contribution < 1.29 is 9.26 Å². The number of aromatic nitrogens is 4. The maximum absolute atomic E-state index is 5.49. The molecule has 0 unspecified atom stereocenters. The number of likely N-dealkylation sites (tertiary alicyclic amines) is 1. The van der Waals surface area contributed by atoms with Gasteiger partial charge in [0, 0.05) is 31.5 Å². The van der Waals surface area contributed by atoms with Crippen LogP contribution in [0.15, 0.2) is 10.7 Å². The van der Waals surface area contributed by atoms with Crippen molar-refractivity contribution in [1.82, 2.24) is 25.2 Å². The van der Waals surface area contributed by atoms with Gasteiger partial charge < -0.3 is 9.26 Å². The van der Waals surface area contributed by atoms with Crippen molar-refractivity contribution in [3.63, 3.8) is 0 Å². The molecule has 2 aromatic heterocycles. The molecule has 3 rings (SSSR count). The van der Waals surface area contributed by atoms with E-state index in [9.17, 15) is 0 Å². The van der Waals surface area contributed by atoms with E-state index < -0.39 is 0 Å². The van der Waals surface area contributed by atoms with Gasteiger partial charge in [-0.05, 0) is 20.3 Å². The first-order valence-corrected chi connectivity index (χ1v) is 6.73. The third-order valence-electron chi connectivity index (χ3n) is 3.83. The SMILES string of the molecule is CO[C@H]1C[C@H](c2nc(C)no2)N(Cc2cn[nH]c2C)C1. The summed E-state index contributed by atoms with van der Waals surface area (Å²) in [6.07, 6.45) is 2.93. The lowest BCUT2D eigenvalue weighted by Crippen LogP contribution is -2.25. The summed E-state index contributed by atoms with van der Waals surface area (Å²) in [6, 6.07) is 0.107. The van der Waals surface area contributed by atoms with E-state index in [4.69, 9.17) is 9.26 Å². The van der Waals surface area contributed by atoms with Gasteiger partial charge in [-0.2, -0.15) is 10.1 Å². The van der Waals surface area contributed by atoms with Gasteiger partial charge in [0.05, 0.1) is 18.3 Å². The summed E-state index contributed by atoms with van der Waals surface area (Å²) in [6.45, 7) is 5.51. The summed E-state index contributed by atoms with van der Waals surface area (Å²) in [4.78, 5) is 6.67. The zero-order valence-corrected chi connectivity index (χ0v) is 12.0. The minimum atomic E-state index is 0.107. The molecule has 0 radical (unpaired) electrons. The molecule has 0 bridgehead atoms. The molecule has 0 amide bonds. The Hall–Kier alpha value is -1.73. The van der Waals surface area contributed by atoms with Crippen LogP contribution in [0.4, 0.5) is 0 Å². The van der Waals surface area contributed by atoms with Crippen molar-refractivity contribution in [3.05, 3.63) is 29.2 Å². The third kappa shape index (κ3) is 2.46. The monoisotopic (exact) mass is 277 g/mol. The summed E-state index contributed by atoms with van der Waals surface area (Å²) in [5.74, 6) is 1.34. The number of nitrogens with one attached hydrogen (secondary N) is 1. The second-order valence-electron chi connectivity index (χ2n) is 5.24. The van der Waals surface area contributed by atoms with Gasteiger partial charge >= 0.3 is 0 Å². The van der Waals surface area contributed by atoms with Gasteiger partial charge in [0.2, 0.25) is 5.89 Å². The van der Waals surface area contributed by atoms with Gasteiger partial charge in [-0.1, -0.05) is 5.16 Å². The Kier molecular flexibility index (Phi) is 3.54. The van der Waals surface area contributed by atoms with Gasteiger partial charge in [0.15, 0.2) is 5.82 Å². The van der Waals surface area contributed by atoms with Gasteiger partial charge in [-0.15, -0.1) is 0 Å². The largest absolute Gasteiger partial charge is 0.380 e. The van der Waals surface area contributed by atoms with Crippen molar-refractivity contribution in [2.24, 2.45) is 0 Å². The number of rotatable bonds is 4. The molecule has 0 spiro atoms. The smallest absolute Gasteiger partial charge is 0.244 e. The Balaban J connectivity index is 1.81. The Morgan fingerprint density at radius 3 is 2.95 bits per heavy atom. The van der Waals surface area contributed by atoms with Gasteiger partial charge in [-0.3, -0.25) is 10.00 Å². The fourth-order valence-corrected chi connectivity index (χ4v) is 2.67. The first-order chi connectivity index (χ1) is 9.67. The maximum atomic E-state index is 5.49. The number of hydrogen-bond acceptors (Lipinski definition) is 6. The van der Waals surface area contributed by atoms with Crippen molar-refractivity contribution in [3.8, 4) is 0 Å². The standard InChI is InChI=1S/C13H19N5O2/c1-8-10(5-14-16-8)6-18-7-11(19-3)4-12(18)13-15-9(2)17-20-13/h5,11-12H,4,6-7H2,1-3H3,(H,14,16)/t11-,12+/m0/s1. The average molecular weight is 277 g/mol. The molecular formula is C13H19N5O2. The molecule has 0 aromatic carbocycles. The molecule has 0 saturated carbocycles. The summed E-state index contributed by atoms with van der Waals surface area (Å²) >= 11 is 0. The van der Waals surface area contributed by atoms with Crippen molar-refractivity contribution in [2.75, 3.05) is 13.7 Å². The maximum Gasteiger partial charge on any atom is 0.244 e. The number of ether oxygens (including phenoxy) is 1. The van der Waals surface area contributed by atoms with Crippen molar-refractivity contribution >= 4 is 0 Å². The first kappa shape index (κ1) is 13.3. The fraction of sp³-hybridized carbons (Fsp3) is 0.615. The summed E-state index contributed by atoms with van der Waals surface area (Å²) in [5.41, 5.74) is 2.27. The van der Waals surface area contributed by atoms with Crippen LogP contribution in [-0.2, 0) is 11.3 Å². The molecule has 1 aliphatic heterocycles. The minimum absolute atomic E-state index is 0.107. The second-order valence-corrected chi connectivity index (χ2v) is 5.24. The van der Waals surface area contributed by atoms with E-state index in [1.807, 2.05) is 20.0 Å². The molecule has 2 aromatic rings. The Morgan fingerprint density at radius 2 is 2.35 bits per heavy atom.